The van der Waals surface area contributed by atoms with Gasteiger partial charge in [0.25, 0.3) is 0 Å². The van der Waals surface area contributed by atoms with Crippen LogP contribution in [0.25, 0.3) is 152 Å². The fourth-order valence-corrected chi connectivity index (χ4v) is 14.3. The molecule has 0 saturated carbocycles. The van der Waals surface area contributed by atoms with Gasteiger partial charge < -0.3 is 18.6 Å². The molecule has 0 spiro atoms. The maximum Gasteiger partial charge on any atom is 0.178 e. The van der Waals surface area contributed by atoms with E-state index >= 15 is 0 Å². The van der Waals surface area contributed by atoms with Crippen LogP contribution in [0, 0.1) is 0 Å². The molecule has 0 bridgehead atoms. The Kier molecular flexibility index (Phi) is 9.86. The fraction of sp³-hybridized carbons (Fsp3) is 0. The number of benzene rings is 17. The van der Waals surface area contributed by atoms with E-state index < -0.39 is 0 Å². The van der Waals surface area contributed by atoms with E-state index in [1.165, 1.54) is 86.2 Å². The van der Waals surface area contributed by atoms with Gasteiger partial charge in [0.1, 0.15) is 11.2 Å². The van der Waals surface area contributed by atoms with Crippen molar-refractivity contribution in [1.29, 1.82) is 0 Å². The molecule has 19 aromatic rings. The van der Waals surface area contributed by atoms with E-state index in [4.69, 9.17) is 8.83 Å². The van der Waals surface area contributed by atoms with Gasteiger partial charge in [-0.2, -0.15) is 0 Å². The lowest BCUT2D eigenvalue weighted by atomic mass is 9.99. The van der Waals surface area contributed by atoms with Crippen molar-refractivity contribution in [3.63, 3.8) is 0 Å². The SMILES string of the molecule is c1ccc2c(c1)ccc1cc(N(c3ccc4cc5c(cc4c3)oc3c5ccc4c5cc6ccc(N(c7ccc8c(ccc9ccccc98)c7)c7ccc8c(ccc9ccccc98)c7)cc6cc5oc43)c3ccc4c(ccc5ccccc54)c3)ccc12. The van der Waals surface area contributed by atoms with Crippen LogP contribution in [-0.4, -0.2) is 0 Å². The van der Waals surface area contributed by atoms with E-state index in [1.54, 1.807) is 0 Å². The molecule has 0 unspecified atom stereocenters. The molecule has 2 aromatic heterocycles. The molecule has 0 fully saturated rings. The van der Waals surface area contributed by atoms with E-state index in [-0.39, 0.29) is 0 Å². The van der Waals surface area contributed by atoms with Gasteiger partial charge in [0.05, 0.1) is 0 Å². The van der Waals surface area contributed by atoms with E-state index in [0.717, 1.165) is 99.5 Å². The second kappa shape index (κ2) is 18.0. The Morgan fingerprint density at radius 2 is 0.407 bits per heavy atom. The monoisotopic (exact) mass is 1090 g/mol. The summed E-state index contributed by atoms with van der Waals surface area (Å²) in [5.41, 5.74) is 9.60. The predicted octanol–water partition coefficient (Wildman–Crippen LogP) is 24.0. The van der Waals surface area contributed by atoms with E-state index in [2.05, 4.69) is 301 Å². The van der Waals surface area contributed by atoms with Crippen LogP contribution in [-0.2, 0) is 0 Å². The highest BCUT2D eigenvalue weighted by Gasteiger charge is 2.22. The summed E-state index contributed by atoms with van der Waals surface area (Å²) < 4.78 is 14.0. The van der Waals surface area contributed by atoms with Gasteiger partial charge in [-0.05, 0) is 217 Å². The topological polar surface area (TPSA) is 32.8 Å². The molecule has 17 aromatic carbocycles. The summed E-state index contributed by atoms with van der Waals surface area (Å²) in [6, 6.07) is 107. The molecule has 0 aliphatic rings. The normalized spacial score (nSPS) is 12.2. The first-order valence-corrected chi connectivity index (χ1v) is 29.5. The highest BCUT2D eigenvalue weighted by Crippen LogP contribution is 2.46. The van der Waals surface area contributed by atoms with Gasteiger partial charge in [0.15, 0.2) is 11.2 Å². The minimum Gasteiger partial charge on any atom is -0.452 e. The lowest BCUT2D eigenvalue weighted by Crippen LogP contribution is -2.10. The Hall–Kier alpha value is -11.5. The minimum absolute atomic E-state index is 0.752. The molecule has 4 nitrogen and oxygen atoms in total. The van der Waals surface area contributed by atoms with Gasteiger partial charge >= 0.3 is 0 Å². The van der Waals surface area contributed by atoms with Crippen LogP contribution in [0.15, 0.2) is 300 Å². The standard InChI is InChI=1S/C82H48N2O2/c1-5-13-67-49(9-1)17-21-55-39-63(29-33-71(55)67)83(64-30-34-72-56(40-64)22-18-50-10-2-6-14-68(50)72)61-27-25-53-45-77-75-37-38-76-78-46-54-26-28-62(44-60(54)48-80(78)86-82(76)81(75)85-79(77)47-59(53)43-61)84(65-31-35-73-57(41-65)23-19-51-11-3-7-15-69(51)73)66-32-36-74-58(42-66)24-20-52-12-4-8-16-70(52)74/h1-48H. The molecule has 0 amide bonds. The maximum absolute atomic E-state index is 6.98. The molecule has 4 heteroatoms. The van der Waals surface area contributed by atoms with Crippen molar-refractivity contribution in [2.45, 2.75) is 0 Å². The second-order valence-electron chi connectivity index (χ2n) is 23.2. The van der Waals surface area contributed by atoms with Crippen molar-refractivity contribution < 1.29 is 8.83 Å². The van der Waals surface area contributed by atoms with Crippen LogP contribution in [0.3, 0.4) is 0 Å². The molecular formula is C82H48N2O2. The van der Waals surface area contributed by atoms with Crippen LogP contribution in [0.5, 0.6) is 0 Å². The summed E-state index contributed by atoms with van der Waals surface area (Å²) >= 11 is 0. The molecular weight excluding hydrogens is 1040 g/mol. The number of hydrogen-bond donors (Lipinski definition) is 0. The summed E-state index contributed by atoms with van der Waals surface area (Å²) in [7, 11) is 0. The van der Waals surface area contributed by atoms with Crippen molar-refractivity contribution in [2.24, 2.45) is 0 Å². The Morgan fingerprint density at radius 3 is 0.733 bits per heavy atom. The van der Waals surface area contributed by atoms with Gasteiger partial charge in [0.2, 0.25) is 0 Å². The Morgan fingerprint density at radius 1 is 0.163 bits per heavy atom. The van der Waals surface area contributed by atoms with Crippen LogP contribution >= 0.6 is 0 Å². The molecule has 398 valence electrons. The molecule has 0 saturated heterocycles. The van der Waals surface area contributed by atoms with Gasteiger partial charge in [-0.1, -0.05) is 182 Å². The molecule has 0 aliphatic carbocycles. The summed E-state index contributed by atoms with van der Waals surface area (Å²) in [4.78, 5) is 4.79. The van der Waals surface area contributed by atoms with E-state index in [1.807, 2.05) is 0 Å². The van der Waals surface area contributed by atoms with Crippen LogP contribution in [0.1, 0.15) is 0 Å². The number of hydrogen-bond acceptors (Lipinski definition) is 4. The third kappa shape index (κ3) is 7.17. The van der Waals surface area contributed by atoms with Crippen molar-refractivity contribution >= 4 is 186 Å². The molecule has 86 heavy (non-hydrogen) atoms. The highest BCUT2D eigenvalue weighted by molar-refractivity contribution is 6.22. The molecule has 0 aliphatic heterocycles. The predicted molar refractivity (Wildman–Crippen MR) is 365 cm³/mol. The smallest absolute Gasteiger partial charge is 0.178 e. The zero-order valence-electron chi connectivity index (χ0n) is 46.4. The van der Waals surface area contributed by atoms with Crippen LogP contribution < -0.4 is 9.80 Å². The zero-order valence-corrected chi connectivity index (χ0v) is 46.4. The first kappa shape index (κ1) is 47.1. The molecule has 0 radical (unpaired) electrons. The second-order valence-corrected chi connectivity index (χ2v) is 23.2. The first-order valence-electron chi connectivity index (χ1n) is 29.5. The molecule has 19 rings (SSSR count). The average Bonchev–Trinajstić information content (AvgIpc) is 3.23. The van der Waals surface area contributed by atoms with Crippen molar-refractivity contribution in [3.8, 4) is 0 Å². The number of anilines is 6. The van der Waals surface area contributed by atoms with Crippen LogP contribution in [0.2, 0.25) is 0 Å². The van der Waals surface area contributed by atoms with Gasteiger partial charge in [-0.3, -0.25) is 0 Å². The largest absolute Gasteiger partial charge is 0.452 e. The van der Waals surface area contributed by atoms with Crippen molar-refractivity contribution in [2.75, 3.05) is 9.80 Å². The Balaban J connectivity index is 0.731. The number of furan rings is 2. The van der Waals surface area contributed by atoms with E-state index in [0.29, 0.717) is 0 Å². The summed E-state index contributed by atoms with van der Waals surface area (Å²) in [5, 5.41) is 28.3. The molecule has 2 heterocycles. The summed E-state index contributed by atoms with van der Waals surface area (Å²) in [6.07, 6.45) is 0. The average molecular weight is 1090 g/mol. The minimum atomic E-state index is 0.752. The van der Waals surface area contributed by atoms with Crippen LogP contribution in [0.4, 0.5) is 34.1 Å². The highest BCUT2D eigenvalue weighted by atomic mass is 16.4. The third-order valence-electron chi connectivity index (χ3n) is 18.4. The van der Waals surface area contributed by atoms with Crippen molar-refractivity contribution in [3.05, 3.63) is 291 Å². The zero-order chi connectivity index (χ0) is 56.1. The van der Waals surface area contributed by atoms with Gasteiger partial charge in [0, 0.05) is 55.7 Å². The number of rotatable bonds is 6. The quantitative estimate of drug-likeness (QED) is 0.155. The number of fused-ring (bicyclic) bond motifs is 21. The maximum atomic E-state index is 6.98. The van der Waals surface area contributed by atoms with Crippen molar-refractivity contribution in [1.82, 2.24) is 0 Å². The Labute approximate surface area is 492 Å². The fourth-order valence-electron chi connectivity index (χ4n) is 14.3. The first-order chi connectivity index (χ1) is 42.5. The number of nitrogens with zero attached hydrogens (tertiary/aromatic N) is 2. The van der Waals surface area contributed by atoms with E-state index in [9.17, 15) is 0 Å². The molecule has 0 atom stereocenters. The lowest BCUT2D eigenvalue weighted by molar-refractivity contribution is 0.634. The van der Waals surface area contributed by atoms with Gasteiger partial charge in [-0.15, -0.1) is 0 Å². The molecule has 0 N–H and O–H groups in total. The lowest BCUT2D eigenvalue weighted by Gasteiger charge is -2.27. The summed E-state index contributed by atoms with van der Waals surface area (Å²) in [6.45, 7) is 0. The van der Waals surface area contributed by atoms with Gasteiger partial charge in [-0.25, -0.2) is 0 Å². The Bertz CT molecular complexity index is 5520. The summed E-state index contributed by atoms with van der Waals surface area (Å²) in [5.74, 6) is 0. The third-order valence-corrected chi connectivity index (χ3v) is 18.4.